The maximum atomic E-state index is 12.5. The van der Waals surface area contributed by atoms with Crippen molar-refractivity contribution in [2.75, 3.05) is 6.61 Å². The summed E-state index contributed by atoms with van der Waals surface area (Å²) < 4.78 is 15.1. The van der Waals surface area contributed by atoms with Gasteiger partial charge in [-0.05, 0) is 13.3 Å². The van der Waals surface area contributed by atoms with Gasteiger partial charge < -0.3 is 9.47 Å². The van der Waals surface area contributed by atoms with E-state index in [0.717, 1.165) is 12.0 Å². The molecule has 4 rings (SSSR count). The second-order valence-electron chi connectivity index (χ2n) is 6.27. The summed E-state index contributed by atoms with van der Waals surface area (Å²) >= 11 is 0. The molecule has 0 aromatic carbocycles. The molecule has 0 aliphatic carbocycles. The highest BCUT2D eigenvalue weighted by atomic mass is 16.6. The van der Waals surface area contributed by atoms with Crippen molar-refractivity contribution >= 4 is 0 Å². The van der Waals surface area contributed by atoms with E-state index in [-0.39, 0.29) is 23.3 Å². The van der Waals surface area contributed by atoms with Gasteiger partial charge in [0, 0.05) is 17.7 Å². The molecule has 8 heteroatoms. The first-order valence-corrected chi connectivity index (χ1v) is 7.80. The molecule has 2 aromatic heterocycles. The van der Waals surface area contributed by atoms with Gasteiger partial charge in [0.25, 0.3) is 0 Å². The van der Waals surface area contributed by atoms with Gasteiger partial charge in [0.1, 0.15) is 18.8 Å². The Hall–Kier alpha value is -2.06. The van der Waals surface area contributed by atoms with E-state index in [0.29, 0.717) is 12.4 Å². The predicted molar refractivity (Wildman–Crippen MR) is 80.2 cm³/mol. The first-order valence-electron chi connectivity index (χ1n) is 7.80. The van der Waals surface area contributed by atoms with Gasteiger partial charge in [-0.15, -0.1) is 0 Å². The van der Waals surface area contributed by atoms with Crippen LogP contribution < -0.4 is 5.69 Å². The quantitative estimate of drug-likeness (QED) is 0.834. The highest BCUT2D eigenvalue weighted by Gasteiger charge is 2.58. The molecule has 2 saturated heterocycles. The SMILES string of the molecule is CC[C@]12CO[C@@H](C1C)[C@H](n1cc(C)c(-n3cncn3)nc1=O)O2. The number of fused-ring (bicyclic) bond motifs is 2. The van der Waals surface area contributed by atoms with Crippen LogP contribution in [0.3, 0.4) is 0 Å². The number of aromatic nitrogens is 5. The summed E-state index contributed by atoms with van der Waals surface area (Å²) in [5.41, 5.74) is 0.146. The van der Waals surface area contributed by atoms with Crippen molar-refractivity contribution in [2.24, 2.45) is 5.92 Å². The van der Waals surface area contributed by atoms with E-state index in [2.05, 4.69) is 28.9 Å². The normalized spacial score (nSPS) is 32.6. The molecule has 0 radical (unpaired) electrons. The lowest BCUT2D eigenvalue weighted by Crippen LogP contribution is -2.39. The van der Waals surface area contributed by atoms with Gasteiger partial charge in [-0.25, -0.2) is 14.5 Å². The van der Waals surface area contributed by atoms with Gasteiger partial charge in [-0.3, -0.25) is 4.57 Å². The van der Waals surface area contributed by atoms with Gasteiger partial charge in [0.15, 0.2) is 12.0 Å². The molecule has 0 N–H and O–H groups in total. The Morgan fingerprint density at radius 2 is 2.30 bits per heavy atom. The average Bonchev–Trinajstić information content (AvgIpc) is 3.25. The van der Waals surface area contributed by atoms with Gasteiger partial charge in [-0.2, -0.15) is 10.1 Å². The molecule has 2 aliphatic heterocycles. The van der Waals surface area contributed by atoms with E-state index in [9.17, 15) is 4.79 Å². The lowest BCUT2D eigenvalue weighted by atomic mass is 9.88. The first kappa shape index (κ1) is 14.5. The largest absolute Gasteiger partial charge is 0.370 e. The number of hydrogen-bond donors (Lipinski definition) is 0. The summed E-state index contributed by atoms with van der Waals surface area (Å²) in [7, 11) is 0. The maximum Gasteiger partial charge on any atom is 0.351 e. The van der Waals surface area contributed by atoms with Gasteiger partial charge >= 0.3 is 5.69 Å². The van der Waals surface area contributed by atoms with E-state index < -0.39 is 6.23 Å². The molecule has 0 saturated carbocycles. The Morgan fingerprint density at radius 1 is 1.48 bits per heavy atom. The van der Waals surface area contributed by atoms with Crippen LogP contribution in [0.2, 0.25) is 0 Å². The standard InChI is InChI=1S/C15H19N5O3/c1-4-15-6-22-11(10(15)3)13(23-15)19-5-9(2)12(18-14(19)21)20-8-16-7-17-20/h5,7-8,10-11,13H,4,6H2,1-3H3/t10?,11-,13+,15-/m0/s1. The van der Waals surface area contributed by atoms with Crippen LogP contribution in [0.25, 0.3) is 5.82 Å². The third-order valence-corrected chi connectivity index (χ3v) is 5.10. The van der Waals surface area contributed by atoms with Crippen molar-refractivity contribution in [1.82, 2.24) is 24.3 Å². The Balaban J connectivity index is 1.74. The van der Waals surface area contributed by atoms with Gasteiger partial charge in [0.2, 0.25) is 0 Å². The van der Waals surface area contributed by atoms with Gasteiger partial charge in [-0.1, -0.05) is 13.8 Å². The van der Waals surface area contributed by atoms with Gasteiger partial charge in [0.05, 0.1) is 12.2 Å². The van der Waals surface area contributed by atoms with Crippen molar-refractivity contribution in [1.29, 1.82) is 0 Å². The van der Waals surface area contributed by atoms with Crippen molar-refractivity contribution in [3.8, 4) is 5.82 Å². The average molecular weight is 317 g/mol. The van der Waals surface area contributed by atoms with Crippen LogP contribution in [0.15, 0.2) is 23.6 Å². The van der Waals surface area contributed by atoms with E-state index in [1.807, 2.05) is 6.92 Å². The number of hydrogen-bond acceptors (Lipinski definition) is 6. The number of rotatable bonds is 3. The Bertz CT molecular complexity index is 787. The fraction of sp³-hybridized carbons (Fsp3) is 0.600. The van der Waals surface area contributed by atoms with Crippen LogP contribution in [0, 0.1) is 12.8 Å². The molecule has 8 nitrogen and oxygen atoms in total. The van der Waals surface area contributed by atoms with Crippen LogP contribution in [0.1, 0.15) is 32.1 Å². The zero-order valence-electron chi connectivity index (χ0n) is 13.3. The molecule has 2 bridgehead atoms. The fourth-order valence-corrected chi connectivity index (χ4v) is 3.60. The smallest absolute Gasteiger partial charge is 0.351 e. The van der Waals surface area contributed by atoms with Crippen LogP contribution in [0.4, 0.5) is 0 Å². The minimum atomic E-state index is -0.429. The third kappa shape index (κ3) is 1.98. The maximum absolute atomic E-state index is 12.5. The monoisotopic (exact) mass is 317 g/mol. The molecule has 122 valence electrons. The minimum absolute atomic E-state index is 0.119. The van der Waals surface area contributed by atoms with Crippen LogP contribution >= 0.6 is 0 Å². The molecular weight excluding hydrogens is 298 g/mol. The summed E-state index contributed by atoms with van der Waals surface area (Å²) in [5, 5.41) is 4.03. The van der Waals surface area contributed by atoms with Crippen LogP contribution in [-0.2, 0) is 9.47 Å². The van der Waals surface area contributed by atoms with Crippen molar-refractivity contribution in [3.63, 3.8) is 0 Å². The number of ether oxygens (including phenoxy) is 2. The van der Waals surface area contributed by atoms with E-state index in [4.69, 9.17) is 9.47 Å². The number of nitrogens with zero attached hydrogens (tertiary/aromatic N) is 5. The van der Waals surface area contributed by atoms with Crippen molar-refractivity contribution in [2.45, 2.75) is 45.1 Å². The molecule has 4 atom stereocenters. The van der Waals surface area contributed by atoms with E-state index in [1.54, 1.807) is 6.20 Å². The summed E-state index contributed by atoms with van der Waals surface area (Å²) in [6, 6.07) is 0. The highest BCUT2D eigenvalue weighted by Crippen LogP contribution is 2.50. The number of aryl methyl sites for hydroxylation is 1. The molecule has 2 aromatic rings. The van der Waals surface area contributed by atoms with Crippen molar-refractivity contribution < 1.29 is 9.47 Å². The third-order valence-electron chi connectivity index (χ3n) is 5.10. The molecule has 2 fully saturated rings. The minimum Gasteiger partial charge on any atom is -0.370 e. The summed E-state index contributed by atoms with van der Waals surface area (Å²) in [4.78, 5) is 20.5. The molecule has 4 heterocycles. The second-order valence-corrected chi connectivity index (χ2v) is 6.27. The van der Waals surface area contributed by atoms with E-state index in [1.165, 1.54) is 21.9 Å². The first-order chi connectivity index (χ1) is 11.1. The molecular formula is C15H19N5O3. The van der Waals surface area contributed by atoms with E-state index >= 15 is 0 Å². The lowest BCUT2D eigenvalue weighted by molar-refractivity contribution is -0.174. The highest BCUT2D eigenvalue weighted by molar-refractivity contribution is 5.28. The summed E-state index contributed by atoms with van der Waals surface area (Å²) in [6.45, 7) is 6.68. The lowest BCUT2D eigenvalue weighted by Gasteiger charge is -2.31. The Labute approximate surface area is 133 Å². The van der Waals surface area contributed by atoms with Crippen LogP contribution in [0.5, 0.6) is 0 Å². The van der Waals surface area contributed by atoms with Crippen LogP contribution in [-0.4, -0.2) is 42.6 Å². The van der Waals surface area contributed by atoms with Crippen molar-refractivity contribution in [3.05, 3.63) is 34.9 Å². The molecule has 23 heavy (non-hydrogen) atoms. The summed E-state index contributed by atoms with van der Waals surface area (Å²) in [6.07, 6.45) is 5.00. The second kappa shape index (κ2) is 4.97. The molecule has 0 amide bonds. The zero-order chi connectivity index (χ0) is 16.2. The Morgan fingerprint density at radius 3 is 2.96 bits per heavy atom. The molecule has 1 unspecified atom stereocenters. The topological polar surface area (TPSA) is 84.1 Å². The zero-order valence-corrected chi connectivity index (χ0v) is 13.3. The predicted octanol–water partition coefficient (Wildman–Crippen LogP) is 0.845. The fourth-order valence-electron chi connectivity index (χ4n) is 3.60. The molecule has 0 spiro atoms. The summed E-state index contributed by atoms with van der Waals surface area (Å²) in [5.74, 6) is 0.728. The molecule has 2 aliphatic rings. The Kier molecular flexibility index (Phi) is 3.14.